The molecular formula is C13H16N4O. The molecule has 0 aliphatic heterocycles. The van der Waals surface area contributed by atoms with Gasteiger partial charge in [0.15, 0.2) is 0 Å². The smallest absolute Gasteiger partial charge is 0.269 e. The average molecular weight is 244 g/mol. The number of benzene rings is 1. The Hall–Kier alpha value is -2.30. The Morgan fingerprint density at radius 1 is 1.39 bits per heavy atom. The van der Waals surface area contributed by atoms with Crippen LogP contribution in [0.5, 0.6) is 0 Å². The predicted octanol–water partition coefficient (Wildman–Crippen LogP) is 1.48. The summed E-state index contributed by atoms with van der Waals surface area (Å²) in [7, 11) is 0. The van der Waals surface area contributed by atoms with Gasteiger partial charge in [0.1, 0.15) is 11.5 Å². The fourth-order valence-electron chi connectivity index (χ4n) is 1.80. The summed E-state index contributed by atoms with van der Waals surface area (Å²) in [6.07, 6.45) is 0.947. The molecule has 0 atom stereocenters. The molecule has 18 heavy (non-hydrogen) atoms. The van der Waals surface area contributed by atoms with Gasteiger partial charge < -0.3 is 11.1 Å². The molecule has 1 aromatic heterocycles. The number of hydrogen-bond acceptors (Lipinski definition) is 3. The first-order chi connectivity index (χ1) is 8.70. The first-order valence-electron chi connectivity index (χ1n) is 5.86. The average Bonchev–Trinajstić information content (AvgIpc) is 2.83. The molecule has 0 spiro atoms. The number of carbonyl (C=O) groups excluding carboxylic acids is 1. The second kappa shape index (κ2) is 5.35. The van der Waals surface area contributed by atoms with Crippen molar-refractivity contribution in [3.63, 3.8) is 0 Å². The van der Waals surface area contributed by atoms with Crippen molar-refractivity contribution in [3.8, 4) is 0 Å². The van der Waals surface area contributed by atoms with E-state index in [1.54, 1.807) is 0 Å². The fourth-order valence-corrected chi connectivity index (χ4v) is 1.80. The van der Waals surface area contributed by atoms with E-state index >= 15 is 0 Å². The molecule has 0 unspecified atom stereocenters. The molecule has 1 aromatic carbocycles. The number of nitrogen functional groups attached to an aromatic ring is 1. The van der Waals surface area contributed by atoms with E-state index < -0.39 is 0 Å². The first kappa shape index (κ1) is 12.2. The standard InChI is InChI=1S/C13H16N4O/c1-2-9-5-3-4-6-10(9)8-15-13(18)11-7-12(14)17-16-11/h3-7H,2,8H2,1H3,(H,15,18)(H3,14,16,17). The number of rotatable bonds is 4. The maximum absolute atomic E-state index is 11.8. The number of aryl methyl sites for hydroxylation is 1. The zero-order chi connectivity index (χ0) is 13.0. The lowest BCUT2D eigenvalue weighted by atomic mass is 10.1. The highest BCUT2D eigenvalue weighted by Gasteiger charge is 2.08. The summed E-state index contributed by atoms with van der Waals surface area (Å²) >= 11 is 0. The topological polar surface area (TPSA) is 83.8 Å². The molecule has 1 heterocycles. The molecule has 2 aromatic rings. The molecule has 0 fully saturated rings. The molecular weight excluding hydrogens is 228 g/mol. The van der Waals surface area contributed by atoms with Crippen LogP contribution in [0.25, 0.3) is 0 Å². The van der Waals surface area contributed by atoms with E-state index in [2.05, 4.69) is 28.5 Å². The van der Waals surface area contributed by atoms with Crippen LogP contribution in [0.15, 0.2) is 30.3 Å². The molecule has 5 nitrogen and oxygen atoms in total. The van der Waals surface area contributed by atoms with Crippen molar-refractivity contribution < 1.29 is 4.79 Å². The van der Waals surface area contributed by atoms with Crippen LogP contribution in [0.1, 0.15) is 28.5 Å². The lowest BCUT2D eigenvalue weighted by Gasteiger charge is -2.08. The van der Waals surface area contributed by atoms with Gasteiger partial charge in [-0.05, 0) is 17.5 Å². The monoisotopic (exact) mass is 244 g/mol. The van der Waals surface area contributed by atoms with E-state index in [-0.39, 0.29) is 5.91 Å². The number of nitrogens with zero attached hydrogens (tertiary/aromatic N) is 1. The molecule has 4 N–H and O–H groups in total. The number of H-pyrrole nitrogens is 1. The van der Waals surface area contributed by atoms with Crippen molar-refractivity contribution in [3.05, 3.63) is 47.2 Å². The summed E-state index contributed by atoms with van der Waals surface area (Å²) < 4.78 is 0. The van der Waals surface area contributed by atoms with E-state index in [0.717, 1.165) is 12.0 Å². The van der Waals surface area contributed by atoms with Gasteiger partial charge in [-0.25, -0.2) is 0 Å². The summed E-state index contributed by atoms with van der Waals surface area (Å²) in [6, 6.07) is 9.56. The Labute approximate surface area is 105 Å². The van der Waals surface area contributed by atoms with Crippen LogP contribution in [0, 0.1) is 0 Å². The SMILES string of the molecule is CCc1ccccc1CNC(=O)c1cc(N)n[nH]1. The Balaban J connectivity index is 2.01. The molecule has 0 radical (unpaired) electrons. The van der Waals surface area contributed by atoms with Gasteiger partial charge in [-0.15, -0.1) is 0 Å². The number of nitrogens with one attached hydrogen (secondary N) is 2. The third-order valence-electron chi connectivity index (χ3n) is 2.78. The van der Waals surface area contributed by atoms with Gasteiger partial charge in [-0.2, -0.15) is 5.10 Å². The van der Waals surface area contributed by atoms with Gasteiger partial charge in [0, 0.05) is 12.6 Å². The first-order valence-corrected chi connectivity index (χ1v) is 5.86. The van der Waals surface area contributed by atoms with Crippen LogP contribution in [0.4, 0.5) is 5.82 Å². The Kier molecular flexibility index (Phi) is 3.62. The molecule has 2 rings (SSSR count). The van der Waals surface area contributed by atoms with Crippen LogP contribution in [0.2, 0.25) is 0 Å². The number of nitrogens with two attached hydrogens (primary N) is 1. The lowest BCUT2D eigenvalue weighted by Crippen LogP contribution is -2.23. The molecule has 0 aliphatic carbocycles. The highest BCUT2D eigenvalue weighted by atomic mass is 16.1. The van der Waals surface area contributed by atoms with Crippen LogP contribution < -0.4 is 11.1 Å². The largest absolute Gasteiger partial charge is 0.382 e. The van der Waals surface area contributed by atoms with Crippen molar-refractivity contribution in [1.82, 2.24) is 15.5 Å². The number of amides is 1. The number of carbonyl (C=O) groups is 1. The van der Waals surface area contributed by atoms with Gasteiger partial charge in [-0.1, -0.05) is 31.2 Å². The summed E-state index contributed by atoms with van der Waals surface area (Å²) in [5.41, 5.74) is 8.19. The Morgan fingerprint density at radius 3 is 2.72 bits per heavy atom. The number of aromatic amines is 1. The van der Waals surface area contributed by atoms with Crippen LogP contribution in [-0.4, -0.2) is 16.1 Å². The van der Waals surface area contributed by atoms with E-state index in [4.69, 9.17) is 5.73 Å². The van der Waals surface area contributed by atoms with Crippen molar-refractivity contribution in [2.75, 3.05) is 5.73 Å². The second-order valence-corrected chi connectivity index (χ2v) is 4.01. The van der Waals surface area contributed by atoms with Crippen LogP contribution >= 0.6 is 0 Å². The zero-order valence-corrected chi connectivity index (χ0v) is 10.2. The number of anilines is 1. The van der Waals surface area contributed by atoms with Crippen molar-refractivity contribution >= 4 is 11.7 Å². The lowest BCUT2D eigenvalue weighted by molar-refractivity contribution is 0.0946. The van der Waals surface area contributed by atoms with Crippen molar-refractivity contribution in [1.29, 1.82) is 0 Å². The summed E-state index contributed by atoms with van der Waals surface area (Å²) in [5.74, 6) is 0.110. The summed E-state index contributed by atoms with van der Waals surface area (Å²) in [6.45, 7) is 2.60. The molecule has 5 heteroatoms. The van der Waals surface area contributed by atoms with E-state index in [9.17, 15) is 4.79 Å². The molecule has 0 saturated carbocycles. The minimum absolute atomic E-state index is 0.204. The zero-order valence-electron chi connectivity index (χ0n) is 10.2. The van der Waals surface area contributed by atoms with E-state index in [1.807, 2.05) is 18.2 Å². The van der Waals surface area contributed by atoms with Crippen LogP contribution in [0.3, 0.4) is 0 Å². The van der Waals surface area contributed by atoms with Gasteiger partial charge >= 0.3 is 0 Å². The third-order valence-corrected chi connectivity index (χ3v) is 2.78. The highest BCUT2D eigenvalue weighted by molar-refractivity contribution is 5.92. The van der Waals surface area contributed by atoms with E-state index in [1.165, 1.54) is 11.6 Å². The third kappa shape index (κ3) is 2.68. The fraction of sp³-hybridized carbons (Fsp3) is 0.231. The molecule has 0 saturated heterocycles. The van der Waals surface area contributed by atoms with Gasteiger partial charge in [-0.3, -0.25) is 9.89 Å². The van der Waals surface area contributed by atoms with Gasteiger partial charge in [0.05, 0.1) is 0 Å². The second-order valence-electron chi connectivity index (χ2n) is 4.01. The van der Waals surface area contributed by atoms with Crippen LogP contribution in [-0.2, 0) is 13.0 Å². The normalized spacial score (nSPS) is 10.3. The van der Waals surface area contributed by atoms with Crippen molar-refractivity contribution in [2.24, 2.45) is 0 Å². The van der Waals surface area contributed by atoms with Gasteiger partial charge in [0.25, 0.3) is 5.91 Å². The minimum Gasteiger partial charge on any atom is -0.382 e. The molecule has 0 aliphatic rings. The Bertz CT molecular complexity index is 547. The Morgan fingerprint density at radius 2 is 2.11 bits per heavy atom. The summed E-state index contributed by atoms with van der Waals surface area (Å²) in [5, 5.41) is 9.14. The maximum Gasteiger partial charge on any atom is 0.269 e. The molecule has 1 amide bonds. The maximum atomic E-state index is 11.8. The number of hydrogen-bond donors (Lipinski definition) is 3. The quantitative estimate of drug-likeness (QED) is 0.761. The number of aromatic nitrogens is 2. The van der Waals surface area contributed by atoms with Crippen molar-refractivity contribution in [2.45, 2.75) is 19.9 Å². The van der Waals surface area contributed by atoms with E-state index in [0.29, 0.717) is 18.1 Å². The van der Waals surface area contributed by atoms with Gasteiger partial charge in [0.2, 0.25) is 0 Å². The summed E-state index contributed by atoms with van der Waals surface area (Å²) in [4.78, 5) is 11.8. The predicted molar refractivity (Wildman–Crippen MR) is 70.0 cm³/mol. The molecule has 94 valence electrons. The molecule has 0 bridgehead atoms. The minimum atomic E-state index is -0.204. The highest BCUT2D eigenvalue weighted by Crippen LogP contribution is 2.09.